The number of nitrogens with one attached hydrogen (secondary N) is 1. The summed E-state index contributed by atoms with van der Waals surface area (Å²) in [7, 11) is 0. The van der Waals surface area contributed by atoms with Gasteiger partial charge in [0, 0.05) is 18.4 Å². The molecular formula is C13H22N2O. The fourth-order valence-electron chi connectivity index (χ4n) is 2.31. The van der Waals surface area contributed by atoms with Gasteiger partial charge in [-0.2, -0.15) is 5.48 Å². The number of rotatable bonds is 6. The van der Waals surface area contributed by atoms with Gasteiger partial charge in [-0.25, -0.2) is 0 Å². The van der Waals surface area contributed by atoms with Crippen LogP contribution in [0.2, 0.25) is 0 Å². The van der Waals surface area contributed by atoms with Crippen molar-refractivity contribution in [3.63, 3.8) is 0 Å². The van der Waals surface area contributed by atoms with Crippen LogP contribution in [-0.4, -0.2) is 10.7 Å². The summed E-state index contributed by atoms with van der Waals surface area (Å²) in [6.45, 7) is 4.10. The van der Waals surface area contributed by atoms with Crippen LogP contribution in [0.3, 0.4) is 0 Å². The van der Waals surface area contributed by atoms with Crippen molar-refractivity contribution in [3.8, 4) is 0 Å². The monoisotopic (exact) mass is 222 g/mol. The van der Waals surface area contributed by atoms with Gasteiger partial charge in [-0.05, 0) is 31.4 Å². The van der Waals surface area contributed by atoms with E-state index in [0.717, 1.165) is 13.1 Å². The highest BCUT2D eigenvalue weighted by atomic mass is 16.7. The van der Waals surface area contributed by atoms with Crippen LogP contribution in [-0.2, 0) is 17.9 Å². The van der Waals surface area contributed by atoms with Crippen LogP contribution < -0.4 is 5.48 Å². The molecule has 1 N–H and O–H groups in total. The van der Waals surface area contributed by atoms with E-state index in [0.29, 0.717) is 6.10 Å². The van der Waals surface area contributed by atoms with Gasteiger partial charge in [-0.15, -0.1) is 0 Å². The molecule has 0 spiro atoms. The van der Waals surface area contributed by atoms with Crippen molar-refractivity contribution >= 4 is 0 Å². The third kappa shape index (κ3) is 3.09. The number of aryl methyl sites for hydroxylation is 1. The molecule has 1 aromatic rings. The molecule has 0 aliphatic heterocycles. The van der Waals surface area contributed by atoms with Gasteiger partial charge in [0.15, 0.2) is 0 Å². The lowest BCUT2D eigenvalue weighted by atomic mass is 10.3. The Hall–Kier alpha value is -0.800. The highest BCUT2D eigenvalue weighted by Gasteiger charge is 2.15. The molecule has 0 atom stereocenters. The first-order valence-corrected chi connectivity index (χ1v) is 6.42. The van der Waals surface area contributed by atoms with E-state index in [-0.39, 0.29) is 0 Å². The summed E-state index contributed by atoms with van der Waals surface area (Å²) < 4.78 is 2.28. The summed E-state index contributed by atoms with van der Waals surface area (Å²) in [6, 6.07) is 4.25. The van der Waals surface area contributed by atoms with Crippen LogP contribution >= 0.6 is 0 Å². The minimum Gasteiger partial charge on any atom is -0.350 e. The van der Waals surface area contributed by atoms with Crippen LogP contribution in [0.25, 0.3) is 0 Å². The summed E-state index contributed by atoms with van der Waals surface area (Å²) in [5.74, 6) is 0. The van der Waals surface area contributed by atoms with Crippen molar-refractivity contribution in [1.29, 1.82) is 0 Å². The van der Waals surface area contributed by atoms with Gasteiger partial charge in [-0.3, -0.25) is 4.84 Å². The van der Waals surface area contributed by atoms with Crippen LogP contribution in [0.1, 0.15) is 44.7 Å². The Bertz CT molecular complexity index is 303. The minimum atomic E-state index is 0.439. The van der Waals surface area contributed by atoms with Gasteiger partial charge in [0.05, 0.1) is 12.6 Å². The van der Waals surface area contributed by atoms with E-state index in [2.05, 4.69) is 35.3 Å². The van der Waals surface area contributed by atoms with Crippen LogP contribution in [0.15, 0.2) is 18.3 Å². The first-order chi connectivity index (χ1) is 7.90. The van der Waals surface area contributed by atoms with E-state index < -0.39 is 0 Å². The summed E-state index contributed by atoms with van der Waals surface area (Å²) in [5.41, 5.74) is 4.41. The van der Waals surface area contributed by atoms with Gasteiger partial charge in [0.25, 0.3) is 0 Å². The molecule has 1 aromatic heterocycles. The number of hydrogen-bond donors (Lipinski definition) is 1. The molecule has 16 heavy (non-hydrogen) atoms. The molecule has 1 heterocycles. The van der Waals surface area contributed by atoms with Crippen LogP contribution in [0.5, 0.6) is 0 Å². The standard InChI is InChI=1S/C13H22N2O/c1-2-9-15-10-5-6-12(15)11-14-16-13-7-3-4-8-13/h5-6,10,13-14H,2-4,7-9,11H2,1H3. The molecule has 90 valence electrons. The van der Waals surface area contributed by atoms with Gasteiger partial charge < -0.3 is 4.57 Å². The fraction of sp³-hybridized carbons (Fsp3) is 0.692. The van der Waals surface area contributed by atoms with E-state index in [1.165, 1.54) is 37.8 Å². The highest BCUT2D eigenvalue weighted by molar-refractivity contribution is 5.06. The fourth-order valence-corrected chi connectivity index (χ4v) is 2.31. The molecule has 1 aliphatic carbocycles. The van der Waals surface area contributed by atoms with Gasteiger partial charge in [-0.1, -0.05) is 19.8 Å². The maximum Gasteiger partial charge on any atom is 0.0790 e. The van der Waals surface area contributed by atoms with E-state index in [1.54, 1.807) is 0 Å². The maximum atomic E-state index is 5.65. The molecule has 0 saturated heterocycles. The van der Waals surface area contributed by atoms with E-state index >= 15 is 0 Å². The van der Waals surface area contributed by atoms with Crippen molar-refractivity contribution in [2.24, 2.45) is 0 Å². The third-order valence-electron chi connectivity index (χ3n) is 3.19. The number of hydrogen-bond acceptors (Lipinski definition) is 2. The molecule has 3 heteroatoms. The Kier molecular flexibility index (Phi) is 4.43. The zero-order valence-electron chi connectivity index (χ0n) is 10.1. The molecule has 1 fully saturated rings. The SMILES string of the molecule is CCCn1cccc1CNOC1CCCC1. The zero-order chi connectivity index (χ0) is 11.2. The third-order valence-corrected chi connectivity index (χ3v) is 3.19. The molecule has 2 rings (SSSR count). The summed E-state index contributed by atoms with van der Waals surface area (Å²) in [6.07, 6.45) is 8.80. The van der Waals surface area contributed by atoms with Crippen molar-refractivity contribution in [2.45, 2.75) is 58.2 Å². The largest absolute Gasteiger partial charge is 0.350 e. The van der Waals surface area contributed by atoms with E-state index in [4.69, 9.17) is 4.84 Å². The normalized spacial score (nSPS) is 17.1. The minimum absolute atomic E-state index is 0.439. The van der Waals surface area contributed by atoms with Crippen molar-refractivity contribution in [1.82, 2.24) is 10.0 Å². The molecule has 3 nitrogen and oxygen atoms in total. The van der Waals surface area contributed by atoms with E-state index in [1.807, 2.05) is 0 Å². The Balaban J connectivity index is 1.73. The molecule has 0 unspecified atom stereocenters. The molecule has 0 radical (unpaired) electrons. The lowest BCUT2D eigenvalue weighted by Crippen LogP contribution is -2.22. The van der Waals surface area contributed by atoms with E-state index in [9.17, 15) is 0 Å². The summed E-state index contributed by atoms with van der Waals surface area (Å²) in [5, 5.41) is 0. The lowest BCUT2D eigenvalue weighted by molar-refractivity contribution is -0.0252. The predicted molar refractivity (Wildman–Crippen MR) is 64.9 cm³/mol. The number of hydroxylamine groups is 1. The summed E-state index contributed by atoms with van der Waals surface area (Å²) in [4.78, 5) is 5.65. The Morgan fingerprint density at radius 1 is 1.44 bits per heavy atom. The van der Waals surface area contributed by atoms with Gasteiger partial charge >= 0.3 is 0 Å². The number of aromatic nitrogens is 1. The smallest absolute Gasteiger partial charge is 0.0790 e. The average Bonchev–Trinajstić information content (AvgIpc) is 2.91. The second-order valence-corrected chi connectivity index (χ2v) is 4.54. The molecule has 0 aromatic carbocycles. The second kappa shape index (κ2) is 6.06. The highest BCUT2D eigenvalue weighted by Crippen LogP contribution is 2.19. The second-order valence-electron chi connectivity index (χ2n) is 4.54. The Labute approximate surface area is 97.7 Å². The first kappa shape index (κ1) is 11.7. The van der Waals surface area contributed by atoms with Crippen LogP contribution in [0.4, 0.5) is 0 Å². The topological polar surface area (TPSA) is 26.2 Å². The Morgan fingerprint density at radius 3 is 3.00 bits per heavy atom. The average molecular weight is 222 g/mol. The quantitative estimate of drug-likeness (QED) is 0.749. The molecular weight excluding hydrogens is 200 g/mol. The number of nitrogens with zero attached hydrogens (tertiary/aromatic N) is 1. The maximum absolute atomic E-state index is 5.65. The molecule has 0 amide bonds. The summed E-state index contributed by atoms with van der Waals surface area (Å²) >= 11 is 0. The predicted octanol–water partition coefficient (Wildman–Crippen LogP) is 2.86. The molecule has 0 bridgehead atoms. The molecule has 1 saturated carbocycles. The van der Waals surface area contributed by atoms with Gasteiger partial charge in [0.1, 0.15) is 0 Å². The zero-order valence-corrected chi connectivity index (χ0v) is 10.1. The molecule has 1 aliphatic rings. The Morgan fingerprint density at radius 2 is 2.25 bits per heavy atom. The first-order valence-electron chi connectivity index (χ1n) is 6.42. The van der Waals surface area contributed by atoms with Gasteiger partial charge in [0.2, 0.25) is 0 Å². The lowest BCUT2D eigenvalue weighted by Gasteiger charge is -2.13. The van der Waals surface area contributed by atoms with Crippen molar-refractivity contribution in [3.05, 3.63) is 24.0 Å². The van der Waals surface area contributed by atoms with Crippen LogP contribution in [0, 0.1) is 0 Å². The van der Waals surface area contributed by atoms with Crippen molar-refractivity contribution in [2.75, 3.05) is 0 Å². The van der Waals surface area contributed by atoms with Crippen molar-refractivity contribution < 1.29 is 4.84 Å².